The highest BCUT2D eigenvalue weighted by Crippen LogP contribution is 2.23. The van der Waals surface area contributed by atoms with Crippen LogP contribution in [0.15, 0.2) is 27.6 Å². The van der Waals surface area contributed by atoms with Crippen LogP contribution in [-0.2, 0) is 14.8 Å². The van der Waals surface area contributed by atoms with E-state index in [0.717, 1.165) is 6.07 Å². The van der Waals surface area contributed by atoms with Gasteiger partial charge in [0.05, 0.1) is 22.1 Å². The van der Waals surface area contributed by atoms with E-state index in [1.807, 2.05) is 0 Å². The summed E-state index contributed by atoms with van der Waals surface area (Å²) in [4.78, 5) is -0.0662. The predicted molar refractivity (Wildman–Crippen MR) is 76.2 cm³/mol. The highest BCUT2D eigenvalue weighted by molar-refractivity contribution is 9.10. The van der Waals surface area contributed by atoms with Crippen LogP contribution in [0.4, 0.5) is 4.39 Å². The highest BCUT2D eigenvalue weighted by atomic mass is 79.9. The third-order valence-electron chi connectivity index (χ3n) is 3.17. The van der Waals surface area contributed by atoms with Crippen molar-refractivity contribution >= 4 is 26.0 Å². The lowest BCUT2D eigenvalue weighted by molar-refractivity contribution is -0.0120. The summed E-state index contributed by atoms with van der Waals surface area (Å²) in [6.07, 6.45) is -0.348. The second-order valence-electron chi connectivity index (χ2n) is 4.71. The van der Waals surface area contributed by atoms with Gasteiger partial charge in [-0.05, 0) is 41.1 Å². The fourth-order valence-corrected chi connectivity index (χ4v) is 3.67. The predicted octanol–water partition coefficient (Wildman–Crippen LogP) is 1.32. The third-order valence-corrected chi connectivity index (χ3v) is 5.68. The van der Waals surface area contributed by atoms with Crippen molar-refractivity contribution in [1.29, 1.82) is 0 Å². The molecule has 1 fully saturated rings. The lowest BCUT2D eigenvalue weighted by atomic mass is 10.2. The van der Waals surface area contributed by atoms with Gasteiger partial charge in [-0.3, -0.25) is 0 Å². The number of nitrogens with two attached hydrogens (primary N) is 1. The summed E-state index contributed by atoms with van der Waals surface area (Å²) in [6.45, 7) is 2.46. The zero-order valence-corrected chi connectivity index (χ0v) is 13.3. The molecule has 2 atom stereocenters. The van der Waals surface area contributed by atoms with Crippen molar-refractivity contribution in [2.24, 2.45) is 5.73 Å². The van der Waals surface area contributed by atoms with Gasteiger partial charge in [0.25, 0.3) is 0 Å². The summed E-state index contributed by atoms with van der Waals surface area (Å²) in [7, 11) is -3.73. The van der Waals surface area contributed by atoms with Crippen molar-refractivity contribution in [3.05, 3.63) is 28.5 Å². The Hall–Kier alpha value is -0.540. The number of ether oxygens (including phenoxy) is 1. The van der Waals surface area contributed by atoms with Crippen molar-refractivity contribution in [1.82, 2.24) is 4.31 Å². The highest BCUT2D eigenvalue weighted by Gasteiger charge is 2.32. The maximum Gasteiger partial charge on any atom is 0.243 e. The Morgan fingerprint density at radius 3 is 2.85 bits per heavy atom. The van der Waals surface area contributed by atoms with Crippen molar-refractivity contribution in [2.75, 3.05) is 19.7 Å². The van der Waals surface area contributed by atoms with Crippen molar-refractivity contribution < 1.29 is 17.5 Å². The van der Waals surface area contributed by atoms with E-state index < -0.39 is 15.8 Å². The van der Waals surface area contributed by atoms with Gasteiger partial charge in [-0.1, -0.05) is 0 Å². The molecular formula is C12H16BrFN2O3S. The molecule has 2 unspecified atom stereocenters. The normalized spacial score (nSPS) is 22.7. The zero-order valence-electron chi connectivity index (χ0n) is 10.9. The minimum absolute atomic E-state index is 0.0662. The summed E-state index contributed by atoms with van der Waals surface area (Å²) >= 11 is 3.00. The Balaban J connectivity index is 2.27. The van der Waals surface area contributed by atoms with Gasteiger partial charge in [-0.25, -0.2) is 12.8 Å². The lowest BCUT2D eigenvalue weighted by Gasteiger charge is -2.33. The molecule has 0 aromatic heterocycles. The molecule has 0 radical (unpaired) electrons. The Kier molecular flexibility index (Phi) is 4.80. The number of benzene rings is 1. The molecule has 2 N–H and O–H groups in total. The number of hydrogen-bond donors (Lipinski definition) is 1. The molecule has 8 heteroatoms. The van der Waals surface area contributed by atoms with Crippen molar-refractivity contribution in [3.8, 4) is 0 Å². The maximum atomic E-state index is 13.5. The first kappa shape index (κ1) is 15.8. The number of halogens is 2. The quantitative estimate of drug-likeness (QED) is 0.875. The third kappa shape index (κ3) is 3.20. The van der Waals surface area contributed by atoms with E-state index >= 15 is 0 Å². The fraction of sp³-hybridized carbons (Fsp3) is 0.500. The van der Waals surface area contributed by atoms with Gasteiger partial charge < -0.3 is 10.5 Å². The molecule has 1 aromatic rings. The van der Waals surface area contributed by atoms with Crippen LogP contribution in [0, 0.1) is 5.82 Å². The van der Waals surface area contributed by atoms with Gasteiger partial charge in [-0.15, -0.1) is 0 Å². The Morgan fingerprint density at radius 2 is 2.25 bits per heavy atom. The summed E-state index contributed by atoms with van der Waals surface area (Å²) in [5, 5.41) is 0. The Labute approximate surface area is 126 Å². The molecule has 1 heterocycles. The summed E-state index contributed by atoms with van der Waals surface area (Å²) in [6, 6.07) is 3.50. The van der Waals surface area contributed by atoms with Crippen molar-refractivity contribution in [2.45, 2.75) is 24.0 Å². The number of rotatable bonds is 3. The average molecular weight is 367 g/mol. The molecule has 20 heavy (non-hydrogen) atoms. The van der Waals surface area contributed by atoms with Crippen LogP contribution in [0.25, 0.3) is 0 Å². The first-order valence-corrected chi connectivity index (χ1v) is 8.38. The van der Waals surface area contributed by atoms with Crippen LogP contribution < -0.4 is 5.73 Å². The summed E-state index contributed by atoms with van der Waals surface area (Å²) in [5.74, 6) is -0.608. The maximum absolute atomic E-state index is 13.5. The van der Waals surface area contributed by atoms with E-state index in [0.29, 0.717) is 0 Å². The van der Waals surface area contributed by atoms with Gasteiger partial charge in [0, 0.05) is 19.1 Å². The van der Waals surface area contributed by atoms with E-state index in [-0.39, 0.29) is 41.2 Å². The second kappa shape index (κ2) is 6.07. The van der Waals surface area contributed by atoms with Gasteiger partial charge >= 0.3 is 0 Å². The van der Waals surface area contributed by atoms with Crippen LogP contribution in [0.2, 0.25) is 0 Å². The van der Waals surface area contributed by atoms with E-state index in [9.17, 15) is 12.8 Å². The van der Waals surface area contributed by atoms with Gasteiger partial charge in [-0.2, -0.15) is 4.31 Å². The molecule has 0 bridgehead atoms. The number of sulfonamides is 1. The number of morpholine rings is 1. The van der Waals surface area contributed by atoms with Crippen molar-refractivity contribution in [3.63, 3.8) is 0 Å². The number of nitrogens with zero attached hydrogens (tertiary/aromatic N) is 1. The molecule has 0 spiro atoms. The first-order valence-electron chi connectivity index (χ1n) is 6.15. The van der Waals surface area contributed by atoms with Crippen LogP contribution in [-0.4, -0.2) is 44.6 Å². The monoisotopic (exact) mass is 366 g/mol. The van der Waals surface area contributed by atoms with Crippen LogP contribution >= 0.6 is 15.9 Å². The van der Waals surface area contributed by atoms with Gasteiger partial charge in [0.1, 0.15) is 5.82 Å². The first-order chi connectivity index (χ1) is 9.32. The molecule has 0 aliphatic carbocycles. The molecule has 2 rings (SSSR count). The zero-order chi connectivity index (χ0) is 14.9. The fourth-order valence-electron chi connectivity index (χ4n) is 1.97. The largest absolute Gasteiger partial charge is 0.374 e. The molecule has 0 amide bonds. The molecular weight excluding hydrogens is 351 g/mol. The standard InChI is InChI=1S/C12H16BrFN2O3S/c1-8(15)12-7-16(4-5-19-12)20(17,18)9-2-3-10(13)11(14)6-9/h2-3,6,8,12H,4-5,7,15H2,1H3. The van der Waals surface area contributed by atoms with E-state index in [4.69, 9.17) is 10.5 Å². The summed E-state index contributed by atoms with van der Waals surface area (Å²) < 4.78 is 45.4. The van der Waals surface area contributed by atoms with E-state index in [2.05, 4.69) is 15.9 Å². The van der Waals surface area contributed by atoms with E-state index in [1.54, 1.807) is 6.92 Å². The van der Waals surface area contributed by atoms with Gasteiger partial charge in [0.2, 0.25) is 10.0 Å². The smallest absolute Gasteiger partial charge is 0.243 e. The minimum atomic E-state index is -3.73. The molecule has 0 saturated carbocycles. The molecule has 1 aliphatic rings. The van der Waals surface area contributed by atoms with E-state index in [1.165, 1.54) is 16.4 Å². The second-order valence-corrected chi connectivity index (χ2v) is 7.50. The SMILES string of the molecule is CC(N)C1CN(S(=O)(=O)c2ccc(Br)c(F)c2)CCO1. The molecule has 1 saturated heterocycles. The number of hydrogen-bond acceptors (Lipinski definition) is 4. The van der Waals surface area contributed by atoms with Gasteiger partial charge in [0.15, 0.2) is 0 Å². The molecule has 112 valence electrons. The lowest BCUT2D eigenvalue weighted by Crippen LogP contribution is -2.51. The molecule has 1 aromatic carbocycles. The Bertz CT molecular complexity index is 594. The van der Waals surface area contributed by atoms with Crippen LogP contribution in [0.1, 0.15) is 6.92 Å². The van der Waals surface area contributed by atoms with Crippen LogP contribution in [0.5, 0.6) is 0 Å². The Morgan fingerprint density at radius 1 is 1.55 bits per heavy atom. The minimum Gasteiger partial charge on any atom is -0.374 e. The molecule has 1 aliphatic heterocycles. The summed E-state index contributed by atoms with van der Waals surface area (Å²) in [5.41, 5.74) is 5.74. The molecule has 5 nitrogen and oxygen atoms in total. The topological polar surface area (TPSA) is 72.6 Å². The average Bonchev–Trinajstić information content (AvgIpc) is 2.42. The van der Waals surface area contributed by atoms with Crippen LogP contribution in [0.3, 0.4) is 0 Å².